The third-order valence-electron chi connectivity index (χ3n) is 2.74. The molecular weight excluding hydrogens is 248 g/mol. The first-order chi connectivity index (χ1) is 8.77. The summed E-state index contributed by atoms with van der Waals surface area (Å²) in [7, 11) is 0. The summed E-state index contributed by atoms with van der Waals surface area (Å²) < 4.78 is 13.7. The molecule has 0 fully saturated rings. The number of nitrogens with one attached hydrogen (secondary N) is 1. The molecule has 1 N–H and O–H groups in total. The van der Waals surface area contributed by atoms with E-state index in [0.29, 0.717) is 18.0 Å². The lowest BCUT2D eigenvalue weighted by molar-refractivity contribution is 0.139. The Morgan fingerprint density at radius 2 is 2.11 bits per heavy atom. The summed E-state index contributed by atoms with van der Waals surface area (Å²) in [4.78, 5) is 3.20. The fourth-order valence-corrected chi connectivity index (χ4v) is 2.24. The normalized spacial score (nSPS) is 11.0. The molecule has 18 heavy (non-hydrogen) atoms. The highest BCUT2D eigenvalue weighted by Crippen LogP contribution is 2.24. The average Bonchev–Trinajstić information content (AvgIpc) is 2.68. The number of hydrogen-bond donors (Lipinski definition) is 1. The Morgan fingerprint density at radius 3 is 2.83 bits per heavy atom. The number of fused-ring (bicyclic) bond motifs is 1. The molecule has 0 amide bonds. The Morgan fingerprint density at radius 1 is 1.28 bits per heavy atom. The third-order valence-corrected chi connectivity index (χ3v) is 3.06. The van der Waals surface area contributed by atoms with Gasteiger partial charge in [0.15, 0.2) is 4.77 Å². The average molecular weight is 266 g/mol. The fourth-order valence-electron chi connectivity index (χ4n) is 1.95. The molecule has 0 unspecified atom stereocenters. The van der Waals surface area contributed by atoms with Crippen LogP contribution in [0.3, 0.4) is 0 Å². The van der Waals surface area contributed by atoms with E-state index in [1.165, 1.54) is 0 Å². The Hall–Kier alpha value is -1.33. The number of benzene rings is 1. The standard InChI is InChI=1S/C13H18N2O2S/c1-3-16-9-8-15-10-6-5-7-11(17-4-2)12(10)14-13(15)18/h5-7H,3-4,8-9H2,1-2H3,(H,14,18). The zero-order valence-electron chi connectivity index (χ0n) is 10.7. The monoisotopic (exact) mass is 266 g/mol. The van der Waals surface area contributed by atoms with E-state index in [9.17, 15) is 0 Å². The molecule has 1 aromatic heterocycles. The number of aromatic nitrogens is 2. The van der Waals surface area contributed by atoms with Crippen molar-refractivity contribution in [1.29, 1.82) is 0 Å². The predicted octanol–water partition coefficient (Wildman–Crippen LogP) is 3.13. The summed E-state index contributed by atoms with van der Waals surface area (Å²) in [5.41, 5.74) is 2.02. The molecule has 0 aliphatic rings. The third kappa shape index (κ3) is 2.57. The second kappa shape index (κ2) is 6.02. The summed E-state index contributed by atoms with van der Waals surface area (Å²) in [6.45, 7) is 6.74. The molecule has 0 atom stereocenters. The first kappa shape index (κ1) is 13.1. The van der Waals surface area contributed by atoms with Gasteiger partial charge in [0.2, 0.25) is 0 Å². The molecule has 0 saturated carbocycles. The Bertz CT molecular complexity index is 574. The highest BCUT2D eigenvalue weighted by Gasteiger charge is 2.08. The molecule has 0 saturated heterocycles. The maximum Gasteiger partial charge on any atom is 0.178 e. The van der Waals surface area contributed by atoms with Crippen LogP contribution in [0, 0.1) is 4.77 Å². The minimum atomic E-state index is 0.643. The molecule has 1 heterocycles. The van der Waals surface area contributed by atoms with Crippen LogP contribution < -0.4 is 4.74 Å². The second-order valence-corrected chi connectivity index (χ2v) is 4.25. The number of hydrogen-bond acceptors (Lipinski definition) is 3. The van der Waals surface area contributed by atoms with E-state index < -0.39 is 0 Å². The Kier molecular flexibility index (Phi) is 4.38. The molecular formula is C13H18N2O2S. The summed E-state index contributed by atoms with van der Waals surface area (Å²) in [5.74, 6) is 0.844. The molecule has 2 aromatic rings. The highest BCUT2D eigenvalue weighted by molar-refractivity contribution is 7.71. The van der Waals surface area contributed by atoms with Gasteiger partial charge < -0.3 is 19.0 Å². The van der Waals surface area contributed by atoms with Crippen LogP contribution in [0.1, 0.15) is 13.8 Å². The number of rotatable bonds is 6. The number of H-pyrrole nitrogens is 1. The molecule has 0 aliphatic heterocycles. The molecule has 4 nitrogen and oxygen atoms in total. The van der Waals surface area contributed by atoms with E-state index in [4.69, 9.17) is 21.7 Å². The van der Waals surface area contributed by atoms with Crippen LogP contribution in [0.2, 0.25) is 0 Å². The smallest absolute Gasteiger partial charge is 0.178 e. The number of nitrogens with zero attached hydrogens (tertiary/aromatic N) is 1. The van der Waals surface area contributed by atoms with Gasteiger partial charge in [0.1, 0.15) is 11.3 Å². The van der Waals surface area contributed by atoms with Crippen molar-refractivity contribution in [1.82, 2.24) is 9.55 Å². The lowest BCUT2D eigenvalue weighted by Crippen LogP contribution is -2.05. The van der Waals surface area contributed by atoms with Crippen LogP contribution >= 0.6 is 12.2 Å². The molecule has 1 aromatic carbocycles. The molecule has 2 rings (SSSR count). The maximum absolute atomic E-state index is 5.59. The van der Waals surface area contributed by atoms with Gasteiger partial charge in [-0.25, -0.2) is 0 Å². The fraction of sp³-hybridized carbons (Fsp3) is 0.462. The Labute approximate surface area is 112 Å². The zero-order valence-corrected chi connectivity index (χ0v) is 11.5. The summed E-state index contributed by atoms with van der Waals surface area (Å²) in [6, 6.07) is 5.97. The Balaban J connectivity index is 2.38. The van der Waals surface area contributed by atoms with Gasteiger partial charge in [-0.2, -0.15) is 0 Å². The number of imidazole rings is 1. The van der Waals surface area contributed by atoms with Crippen molar-refractivity contribution in [3.63, 3.8) is 0 Å². The van der Waals surface area contributed by atoms with Crippen molar-refractivity contribution in [3.05, 3.63) is 23.0 Å². The SMILES string of the molecule is CCOCCn1c(=S)[nH]c2c(OCC)cccc21. The van der Waals surface area contributed by atoms with E-state index in [2.05, 4.69) is 4.98 Å². The van der Waals surface area contributed by atoms with E-state index in [-0.39, 0.29) is 0 Å². The van der Waals surface area contributed by atoms with Crippen molar-refractivity contribution < 1.29 is 9.47 Å². The van der Waals surface area contributed by atoms with Gasteiger partial charge in [0.05, 0.1) is 18.7 Å². The van der Waals surface area contributed by atoms with Gasteiger partial charge in [-0.05, 0) is 38.2 Å². The second-order valence-electron chi connectivity index (χ2n) is 3.86. The summed E-state index contributed by atoms with van der Waals surface area (Å²) in [6.07, 6.45) is 0. The largest absolute Gasteiger partial charge is 0.492 e. The van der Waals surface area contributed by atoms with E-state index in [1.807, 2.05) is 36.6 Å². The molecule has 0 bridgehead atoms. The van der Waals surface area contributed by atoms with Crippen LogP contribution in [-0.4, -0.2) is 29.4 Å². The molecule has 5 heteroatoms. The van der Waals surface area contributed by atoms with Crippen LogP contribution in [0.15, 0.2) is 18.2 Å². The highest BCUT2D eigenvalue weighted by atomic mass is 32.1. The zero-order chi connectivity index (χ0) is 13.0. The predicted molar refractivity (Wildman–Crippen MR) is 74.8 cm³/mol. The molecule has 0 aliphatic carbocycles. The van der Waals surface area contributed by atoms with Crippen molar-refractivity contribution in [2.75, 3.05) is 19.8 Å². The van der Waals surface area contributed by atoms with Crippen molar-refractivity contribution in [2.24, 2.45) is 0 Å². The lowest BCUT2D eigenvalue weighted by Gasteiger charge is -2.06. The molecule has 98 valence electrons. The minimum absolute atomic E-state index is 0.643. The molecule has 0 radical (unpaired) electrons. The lowest BCUT2D eigenvalue weighted by atomic mass is 10.3. The number of para-hydroxylation sites is 1. The van der Waals surface area contributed by atoms with E-state index in [1.54, 1.807) is 0 Å². The van der Waals surface area contributed by atoms with Crippen molar-refractivity contribution >= 4 is 23.3 Å². The minimum Gasteiger partial charge on any atom is -0.492 e. The van der Waals surface area contributed by atoms with E-state index >= 15 is 0 Å². The number of ether oxygens (including phenoxy) is 2. The molecule has 0 spiro atoms. The summed E-state index contributed by atoms with van der Waals surface area (Å²) in [5, 5.41) is 0. The quantitative estimate of drug-likeness (QED) is 0.645. The van der Waals surface area contributed by atoms with Crippen molar-refractivity contribution in [3.8, 4) is 5.75 Å². The van der Waals surface area contributed by atoms with Crippen LogP contribution in [-0.2, 0) is 11.3 Å². The van der Waals surface area contributed by atoms with Gasteiger partial charge >= 0.3 is 0 Å². The van der Waals surface area contributed by atoms with Crippen LogP contribution in [0.5, 0.6) is 5.75 Å². The first-order valence-corrected chi connectivity index (χ1v) is 6.60. The van der Waals surface area contributed by atoms with Gasteiger partial charge in [0, 0.05) is 13.2 Å². The summed E-state index contributed by atoms with van der Waals surface area (Å²) >= 11 is 5.34. The van der Waals surface area contributed by atoms with Gasteiger partial charge in [-0.1, -0.05) is 6.07 Å². The van der Waals surface area contributed by atoms with Crippen molar-refractivity contribution in [2.45, 2.75) is 20.4 Å². The van der Waals surface area contributed by atoms with Crippen LogP contribution in [0.25, 0.3) is 11.0 Å². The topological polar surface area (TPSA) is 39.2 Å². The van der Waals surface area contributed by atoms with Crippen LogP contribution in [0.4, 0.5) is 0 Å². The van der Waals surface area contributed by atoms with Gasteiger partial charge in [0.25, 0.3) is 0 Å². The number of aromatic amines is 1. The van der Waals surface area contributed by atoms with Gasteiger partial charge in [-0.15, -0.1) is 0 Å². The van der Waals surface area contributed by atoms with E-state index in [0.717, 1.165) is 29.9 Å². The first-order valence-electron chi connectivity index (χ1n) is 6.20. The van der Waals surface area contributed by atoms with Gasteiger partial charge in [-0.3, -0.25) is 0 Å². The maximum atomic E-state index is 5.59.